The van der Waals surface area contributed by atoms with Crippen LogP contribution in [0.4, 0.5) is 18.9 Å². The molecular formula is C18H17ClF3N3O3. The monoisotopic (exact) mass is 415 g/mol. The van der Waals surface area contributed by atoms with Crippen molar-refractivity contribution in [2.24, 2.45) is 0 Å². The molecule has 2 aliphatic rings. The fourth-order valence-corrected chi connectivity index (χ4v) is 3.50. The average Bonchev–Trinajstić information content (AvgIpc) is 3.42. The van der Waals surface area contributed by atoms with Crippen LogP contribution in [0.3, 0.4) is 0 Å². The highest BCUT2D eigenvalue weighted by Crippen LogP contribution is 2.47. The van der Waals surface area contributed by atoms with E-state index in [2.05, 4.69) is 10.4 Å². The number of carbonyl (C=O) groups is 1. The van der Waals surface area contributed by atoms with Crippen molar-refractivity contribution in [2.75, 3.05) is 18.5 Å². The van der Waals surface area contributed by atoms with Crippen LogP contribution in [0.25, 0.3) is 0 Å². The minimum atomic E-state index is -4.63. The number of hydrogen-bond donors (Lipinski definition) is 1. The number of alkyl halides is 3. The predicted molar refractivity (Wildman–Crippen MR) is 94.9 cm³/mol. The molecule has 1 aromatic carbocycles. The van der Waals surface area contributed by atoms with E-state index >= 15 is 0 Å². The Morgan fingerprint density at radius 1 is 1.25 bits per heavy atom. The Balaban J connectivity index is 1.44. The molecule has 1 aliphatic heterocycles. The van der Waals surface area contributed by atoms with Crippen LogP contribution in [-0.2, 0) is 17.5 Å². The molecule has 1 amide bonds. The summed E-state index contributed by atoms with van der Waals surface area (Å²) in [5.74, 6) is 0.758. The van der Waals surface area contributed by atoms with Gasteiger partial charge in [-0.1, -0.05) is 11.6 Å². The molecule has 0 atom stereocenters. The number of fused-ring (bicyclic) bond motifs is 1. The fourth-order valence-electron chi connectivity index (χ4n) is 3.10. The zero-order valence-electron chi connectivity index (χ0n) is 14.7. The van der Waals surface area contributed by atoms with Gasteiger partial charge in [-0.05, 0) is 25.0 Å². The number of nitrogens with zero attached hydrogens (tertiary/aromatic N) is 2. The van der Waals surface area contributed by atoms with Crippen LogP contribution in [0.15, 0.2) is 18.2 Å². The van der Waals surface area contributed by atoms with Crippen LogP contribution >= 0.6 is 11.6 Å². The highest BCUT2D eigenvalue weighted by molar-refractivity contribution is 6.32. The lowest BCUT2D eigenvalue weighted by atomic mass is 10.2. The number of carbonyl (C=O) groups excluding carboxylic acids is 1. The Labute approximate surface area is 163 Å². The van der Waals surface area contributed by atoms with E-state index in [1.54, 1.807) is 18.2 Å². The Morgan fingerprint density at radius 3 is 2.64 bits per heavy atom. The van der Waals surface area contributed by atoms with E-state index in [-0.39, 0.29) is 29.8 Å². The van der Waals surface area contributed by atoms with Crippen molar-refractivity contribution < 1.29 is 27.4 Å². The average molecular weight is 416 g/mol. The van der Waals surface area contributed by atoms with Gasteiger partial charge < -0.3 is 14.8 Å². The van der Waals surface area contributed by atoms with Crippen molar-refractivity contribution in [3.63, 3.8) is 0 Å². The summed E-state index contributed by atoms with van der Waals surface area (Å²) >= 11 is 5.93. The molecule has 0 radical (unpaired) electrons. The summed E-state index contributed by atoms with van der Waals surface area (Å²) in [5, 5.41) is 5.97. The van der Waals surface area contributed by atoms with Crippen molar-refractivity contribution >= 4 is 23.2 Å². The zero-order valence-corrected chi connectivity index (χ0v) is 15.4. The van der Waals surface area contributed by atoms with Crippen molar-refractivity contribution in [2.45, 2.75) is 37.9 Å². The van der Waals surface area contributed by atoms with Crippen LogP contribution in [0.5, 0.6) is 11.5 Å². The van der Waals surface area contributed by atoms with Gasteiger partial charge in [-0.15, -0.1) is 0 Å². The summed E-state index contributed by atoms with van der Waals surface area (Å²) in [6, 6.07) is 5.01. The molecule has 1 aromatic heterocycles. The fraction of sp³-hybridized carbons (Fsp3) is 0.444. The lowest BCUT2D eigenvalue weighted by Crippen LogP contribution is -2.18. The molecule has 10 heteroatoms. The van der Waals surface area contributed by atoms with Crippen LogP contribution in [0.2, 0.25) is 5.02 Å². The summed E-state index contributed by atoms with van der Waals surface area (Å²) < 4.78 is 51.4. The lowest BCUT2D eigenvalue weighted by Gasteiger charge is -2.19. The Morgan fingerprint density at radius 2 is 1.96 bits per heavy atom. The first-order valence-electron chi connectivity index (χ1n) is 8.86. The molecular weight excluding hydrogens is 399 g/mol. The van der Waals surface area contributed by atoms with E-state index in [1.165, 1.54) is 4.68 Å². The first-order chi connectivity index (χ1) is 13.3. The zero-order chi connectivity index (χ0) is 19.9. The minimum absolute atomic E-state index is 0.0119. The molecule has 1 fully saturated rings. The molecule has 4 rings (SSSR count). The number of hydrogen-bond acceptors (Lipinski definition) is 4. The number of aromatic nitrogens is 2. The molecule has 0 unspecified atom stereocenters. The summed E-state index contributed by atoms with van der Waals surface area (Å²) in [7, 11) is 0. The molecule has 0 spiro atoms. The number of nitrogens with one attached hydrogen (secondary N) is 1. The summed E-state index contributed by atoms with van der Waals surface area (Å²) in [6.07, 6.45) is -3.12. The second-order valence-electron chi connectivity index (χ2n) is 6.70. The van der Waals surface area contributed by atoms with E-state index in [4.69, 9.17) is 21.1 Å². The molecule has 0 saturated heterocycles. The van der Waals surface area contributed by atoms with Gasteiger partial charge in [0.25, 0.3) is 0 Å². The first-order valence-corrected chi connectivity index (χ1v) is 9.23. The molecule has 6 nitrogen and oxygen atoms in total. The summed E-state index contributed by atoms with van der Waals surface area (Å²) in [5.41, 5.74) is -0.212. The molecule has 2 aromatic rings. The molecule has 0 bridgehead atoms. The standard InChI is InChI=1S/C18H17ClF3N3O3/c19-15-16(10-1-2-10)25(24-17(15)18(20,21)22)6-5-14(26)23-11-3-4-12-13(9-11)28-8-7-27-12/h3-4,9-10H,1-2,5-8H2,(H,23,26). The highest BCUT2D eigenvalue weighted by Gasteiger charge is 2.42. The number of anilines is 1. The number of amides is 1. The Kier molecular flexibility index (Phi) is 4.86. The van der Waals surface area contributed by atoms with E-state index < -0.39 is 11.9 Å². The Bertz CT molecular complexity index is 909. The summed E-state index contributed by atoms with van der Waals surface area (Å²) in [6.45, 7) is 0.905. The maximum absolute atomic E-state index is 13.1. The Hall–Kier alpha value is -2.42. The van der Waals surface area contributed by atoms with Gasteiger partial charge in [-0.3, -0.25) is 9.48 Å². The highest BCUT2D eigenvalue weighted by atomic mass is 35.5. The second kappa shape index (κ2) is 7.20. The third kappa shape index (κ3) is 3.89. The normalized spacial score (nSPS) is 16.1. The maximum Gasteiger partial charge on any atom is 0.436 e. The van der Waals surface area contributed by atoms with E-state index in [9.17, 15) is 18.0 Å². The molecule has 28 heavy (non-hydrogen) atoms. The largest absolute Gasteiger partial charge is 0.486 e. The first kappa shape index (κ1) is 18.9. The molecule has 2 heterocycles. The molecule has 150 valence electrons. The van der Waals surface area contributed by atoms with Crippen molar-refractivity contribution in [3.8, 4) is 11.5 Å². The topological polar surface area (TPSA) is 65.4 Å². The second-order valence-corrected chi connectivity index (χ2v) is 7.08. The summed E-state index contributed by atoms with van der Waals surface area (Å²) in [4.78, 5) is 12.3. The third-order valence-corrected chi connectivity index (χ3v) is 4.91. The number of aryl methyl sites for hydroxylation is 1. The van der Waals surface area contributed by atoms with Gasteiger partial charge in [0, 0.05) is 24.1 Å². The number of halogens is 4. The van der Waals surface area contributed by atoms with Gasteiger partial charge in [0.1, 0.15) is 13.2 Å². The van der Waals surface area contributed by atoms with E-state index in [0.717, 1.165) is 12.8 Å². The quantitative estimate of drug-likeness (QED) is 0.793. The smallest absolute Gasteiger partial charge is 0.436 e. The van der Waals surface area contributed by atoms with Gasteiger partial charge >= 0.3 is 6.18 Å². The predicted octanol–water partition coefficient (Wildman–Crippen LogP) is 4.23. The van der Waals surface area contributed by atoms with Gasteiger partial charge in [0.05, 0.1) is 17.3 Å². The van der Waals surface area contributed by atoms with Gasteiger partial charge in [0.15, 0.2) is 17.2 Å². The number of rotatable bonds is 5. The minimum Gasteiger partial charge on any atom is -0.486 e. The van der Waals surface area contributed by atoms with E-state index in [1.807, 2.05) is 0 Å². The lowest BCUT2D eigenvalue weighted by molar-refractivity contribution is -0.141. The molecule has 1 N–H and O–H groups in total. The number of benzene rings is 1. The molecule has 1 aliphatic carbocycles. The van der Waals surface area contributed by atoms with Crippen LogP contribution in [-0.4, -0.2) is 28.9 Å². The van der Waals surface area contributed by atoms with Crippen LogP contribution < -0.4 is 14.8 Å². The van der Waals surface area contributed by atoms with Gasteiger partial charge in [0.2, 0.25) is 5.91 Å². The van der Waals surface area contributed by atoms with E-state index in [0.29, 0.717) is 36.1 Å². The third-order valence-electron chi connectivity index (χ3n) is 4.54. The van der Waals surface area contributed by atoms with Crippen LogP contribution in [0.1, 0.15) is 36.6 Å². The maximum atomic E-state index is 13.1. The SMILES string of the molecule is O=C(CCn1nc(C(F)(F)F)c(Cl)c1C1CC1)Nc1ccc2c(c1)OCCO2. The van der Waals surface area contributed by atoms with Crippen molar-refractivity contribution in [3.05, 3.63) is 34.6 Å². The van der Waals surface area contributed by atoms with Crippen molar-refractivity contribution in [1.82, 2.24) is 9.78 Å². The number of ether oxygens (including phenoxy) is 2. The van der Waals surface area contributed by atoms with Gasteiger partial charge in [-0.25, -0.2) is 0 Å². The van der Waals surface area contributed by atoms with Gasteiger partial charge in [-0.2, -0.15) is 18.3 Å². The molecule has 1 saturated carbocycles. The van der Waals surface area contributed by atoms with Crippen LogP contribution in [0, 0.1) is 0 Å². The van der Waals surface area contributed by atoms with Crippen molar-refractivity contribution in [1.29, 1.82) is 0 Å².